The van der Waals surface area contributed by atoms with Crippen molar-refractivity contribution in [3.8, 4) is 11.5 Å². The van der Waals surface area contributed by atoms with E-state index in [4.69, 9.17) is 21.1 Å². The Kier molecular flexibility index (Phi) is 8.83. The average molecular weight is 349 g/mol. The Morgan fingerprint density at radius 2 is 1.25 bits per heavy atom. The number of ether oxygens (including phenoxy) is 2. The van der Waals surface area contributed by atoms with Crippen molar-refractivity contribution in [1.29, 1.82) is 0 Å². The molecule has 0 heterocycles. The highest BCUT2D eigenvalue weighted by atomic mass is 35.5. The van der Waals surface area contributed by atoms with E-state index in [1.807, 2.05) is 24.3 Å². The largest absolute Gasteiger partial charge is 0.493 e. The minimum absolute atomic E-state index is 0.622. The number of alkyl halides is 1. The molecule has 0 saturated carbocycles. The number of hydrogen-bond donors (Lipinski definition) is 0. The molecule has 0 saturated heterocycles. The van der Waals surface area contributed by atoms with Crippen LogP contribution in [0.15, 0.2) is 36.4 Å². The molecule has 0 aliphatic carbocycles. The fourth-order valence-electron chi connectivity index (χ4n) is 2.80. The Morgan fingerprint density at radius 1 is 0.708 bits per heavy atom. The van der Waals surface area contributed by atoms with Crippen molar-refractivity contribution in [3.63, 3.8) is 0 Å². The van der Waals surface area contributed by atoms with Crippen LogP contribution < -0.4 is 9.47 Å². The zero-order valence-electron chi connectivity index (χ0n) is 14.7. The minimum Gasteiger partial charge on any atom is -0.493 e. The second-order valence-electron chi connectivity index (χ2n) is 6.11. The normalized spacial score (nSPS) is 10.9. The molecule has 24 heavy (non-hydrogen) atoms. The van der Waals surface area contributed by atoms with Gasteiger partial charge in [-0.25, -0.2) is 0 Å². The van der Waals surface area contributed by atoms with Gasteiger partial charge in [-0.15, -0.1) is 11.6 Å². The summed E-state index contributed by atoms with van der Waals surface area (Å²) in [7, 11) is 0. The van der Waals surface area contributed by atoms with Gasteiger partial charge in [0.1, 0.15) is 11.5 Å². The fourth-order valence-corrected chi connectivity index (χ4v) is 2.91. The van der Waals surface area contributed by atoms with Crippen LogP contribution in [0.3, 0.4) is 0 Å². The quantitative estimate of drug-likeness (QED) is 0.318. The molecule has 2 nitrogen and oxygen atoms in total. The third kappa shape index (κ3) is 5.90. The molecule has 132 valence electrons. The standard InChI is InChI=1S/C21H29ClO2/c1-2-3-4-5-6-9-16-23-20-13-14-21(24-17-10-15-22)19-12-8-7-11-18(19)20/h7-8,11-14H,2-6,9-10,15-17H2,1H3. The number of unbranched alkanes of at least 4 members (excludes halogenated alkanes) is 5. The second kappa shape index (κ2) is 11.2. The molecule has 3 heteroatoms. The Morgan fingerprint density at radius 3 is 1.83 bits per heavy atom. The lowest BCUT2D eigenvalue weighted by molar-refractivity contribution is 0.305. The van der Waals surface area contributed by atoms with E-state index in [0.29, 0.717) is 12.5 Å². The van der Waals surface area contributed by atoms with E-state index >= 15 is 0 Å². The Bertz CT molecular complexity index is 597. The third-order valence-corrected chi connectivity index (χ3v) is 4.40. The van der Waals surface area contributed by atoms with Gasteiger partial charge in [-0.2, -0.15) is 0 Å². The fraction of sp³-hybridized carbons (Fsp3) is 0.524. The van der Waals surface area contributed by atoms with Gasteiger partial charge in [-0.05, 0) is 25.0 Å². The monoisotopic (exact) mass is 348 g/mol. The molecule has 0 amide bonds. The smallest absolute Gasteiger partial charge is 0.127 e. The Balaban J connectivity index is 1.92. The van der Waals surface area contributed by atoms with Gasteiger partial charge in [0.2, 0.25) is 0 Å². The van der Waals surface area contributed by atoms with E-state index in [1.165, 1.54) is 32.1 Å². The van der Waals surface area contributed by atoms with Gasteiger partial charge in [0.05, 0.1) is 13.2 Å². The van der Waals surface area contributed by atoms with Crippen LogP contribution in [-0.2, 0) is 0 Å². The predicted octanol–water partition coefficient (Wildman–Crippen LogP) is 6.59. The minimum atomic E-state index is 0.622. The van der Waals surface area contributed by atoms with Crippen LogP contribution in [0.2, 0.25) is 0 Å². The van der Waals surface area contributed by atoms with Crippen LogP contribution in [0, 0.1) is 0 Å². The highest BCUT2D eigenvalue weighted by Gasteiger charge is 2.07. The molecule has 0 N–H and O–H groups in total. The van der Waals surface area contributed by atoms with E-state index in [2.05, 4.69) is 19.1 Å². The molecular weight excluding hydrogens is 320 g/mol. The predicted molar refractivity (Wildman–Crippen MR) is 104 cm³/mol. The van der Waals surface area contributed by atoms with Gasteiger partial charge in [0, 0.05) is 16.7 Å². The van der Waals surface area contributed by atoms with Gasteiger partial charge in [-0.1, -0.05) is 63.3 Å². The summed E-state index contributed by atoms with van der Waals surface area (Å²) in [5, 5.41) is 2.22. The van der Waals surface area contributed by atoms with E-state index in [0.717, 1.165) is 41.7 Å². The van der Waals surface area contributed by atoms with Crippen molar-refractivity contribution in [3.05, 3.63) is 36.4 Å². The Labute approximate surface area is 151 Å². The van der Waals surface area contributed by atoms with Gasteiger partial charge in [0.25, 0.3) is 0 Å². The number of hydrogen-bond acceptors (Lipinski definition) is 2. The molecule has 0 aliphatic rings. The first-order valence-electron chi connectivity index (χ1n) is 9.20. The first-order chi connectivity index (χ1) is 11.9. The first-order valence-corrected chi connectivity index (χ1v) is 9.73. The number of benzene rings is 2. The van der Waals surface area contributed by atoms with Crippen molar-refractivity contribution >= 4 is 22.4 Å². The lowest BCUT2D eigenvalue weighted by atomic mass is 10.1. The molecule has 0 bridgehead atoms. The molecule has 0 fully saturated rings. The molecule has 2 rings (SSSR count). The molecule has 2 aromatic rings. The summed E-state index contributed by atoms with van der Waals surface area (Å²) >= 11 is 5.72. The van der Waals surface area contributed by atoms with Crippen LogP contribution in [0.25, 0.3) is 10.8 Å². The van der Waals surface area contributed by atoms with E-state index < -0.39 is 0 Å². The highest BCUT2D eigenvalue weighted by molar-refractivity contribution is 6.17. The van der Waals surface area contributed by atoms with Crippen LogP contribution in [0.1, 0.15) is 51.9 Å². The highest BCUT2D eigenvalue weighted by Crippen LogP contribution is 2.33. The number of rotatable bonds is 12. The lowest BCUT2D eigenvalue weighted by Gasteiger charge is -2.13. The summed E-state index contributed by atoms with van der Waals surface area (Å²) in [5.41, 5.74) is 0. The Hall–Kier alpha value is -1.41. The first kappa shape index (κ1) is 18.9. The maximum Gasteiger partial charge on any atom is 0.127 e. The maximum absolute atomic E-state index is 6.03. The second-order valence-corrected chi connectivity index (χ2v) is 6.49. The molecular formula is C21H29ClO2. The summed E-state index contributed by atoms with van der Waals surface area (Å²) in [5.74, 6) is 2.48. The third-order valence-electron chi connectivity index (χ3n) is 4.14. The SMILES string of the molecule is CCCCCCCCOc1ccc(OCCCCl)c2ccccc12. The number of halogens is 1. The van der Waals surface area contributed by atoms with Gasteiger partial charge in [-0.3, -0.25) is 0 Å². The van der Waals surface area contributed by atoms with Gasteiger partial charge >= 0.3 is 0 Å². The molecule has 0 atom stereocenters. The molecule has 0 aromatic heterocycles. The summed E-state index contributed by atoms with van der Waals surface area (Å²) in [6.45, 7) is 3.67. The van der Waals surface area contributed by atoms with Crippen molar-refractivity contribution < 1.29 is 9.47 Å². The van der Waals surface area contributed by atoms with Crippen molar-refractivity contribution in [2.24, 2.45) is 0 Å². The molecule has 0 aliphatic heterocycles. The van der Waals surface area contributed by atoms with Crippen LogP contribution in [-0.4, -0.2) is 19.1 Å². The average Bonchev–Trinajstić information content (AvgIpc) is 2.62. The summed E-state index contributed by atoms with van der Waals surface area (Å²) in [6, 6.07) is 12.3. The zero-order valence-corrected chi connectivity index (χ0v) is 15.5. The summed E-state index contributed by atoms with van der Waals surface area (Å²) in [4.78, 5) is 0. The van der Waals surface area contributed by atoms with Crippen molar-refractivity contribution in [2.45, 2.75) is 51.9 Å². The van der Waals surface area contributed by atoms with Gasteiger partial charge in [0.15, 0.2) is 0 Å². The molecule has 2 aromatic carbocycles. The topological polar surface area (TPSA) is 18.5 Å². The summed E-state index contributed by atoms with van der Waals surface area (Å²) < 4.78 is 11.9. The van der Waals surface area contributed by atoms with Crippen molar-refractivity contribution in [2.75, 3.05) is 19.1 Å². The van der Waals surface area contributed by atoms with E-state index in [1.54, 1.807) is 0 Å². The molecule has 0 unspecified atom stereocenters. The van der Waals surface area contributed by atoms with E-state index in [9.17, 15) is 0 Å². The summed E-state index contributed by atoms with van der Waals surface area (Å²) in [6.07, 6.45) is 8.51. The van der Waals surface area contributed by atoms with E-state index in [-0.39, 0.29) is 0 Å². The van der Waals surface area contributed by atoms with Gasteiger partial charge < -0.3 is 9.47 Å². The lowest BCUT2D eigenvalue weighted by Crippen LogP contribution is -2.01. The van der Waals surface area contributed by atoms with Crippen molar-refractivity contribution in [1.82, 2.24) is 0 Å². The zero-order chi connectivity index (χ0) is 17.0. The van der Waals surface area contributed by atoms with Crippen LogP contribution in [0.5, 0.6) is 11.5 Å². The number of fused-ring (bicyclic) bond motifs is 1. The van der Waals surface area contributed by atoms with Crippen LogP contribution >= 0.6 is 11.6 Å². The molecule has 0 radical (unpaired) electrons. The molecule has 0 spiro atoms. The maximum atomic E-state index is 6.03. The van der Waals surface area contributed by atoms with Crippen LogP contribution in [0.4, 0.5) is 0 Å².